The van der Waals surface area contributed by atoms with Crippen molar-refractivity contribution < 1.29 is 26.2 Å². The smallest absolute Gasteiger partial charge is 0.248 e. The maximum atomic E-state index is 14.8. The molecule has 5 aromatic rings. The lowest BCUT2D eigenvalue weighted by Crippen LogP contribution is -2.15. The van der Waals surface area contributed by atoms with Crippen LogP contribution in [-0.4, -0.2) is 19.0 Å². The molecule has 5 rings (SSSR count). The molecular formula is C27H19F5N4OS2. The molecule has 12 heteroatoms. The van der Waals surface area contributed by atoms with Crippen LogP contribution in [0.2, 0.25) is 0 Å². The minimum Gasteiger partial charge on any atom is -0.248 e. The van der Waals surface area contributed by atoms with Crippen LogP contribution in [0.4, 0.5) is 22.0 Å². The number of hydrogen-bond acceptors (Lipinski definition) is 4. The van der Waals surface area contributed by atoms with Crippen LogP contribution in [0.3, 0.4) is 0 Å². The second-order valence-electron chi connectivity index (χ2n) is 8.68. The zero-order valence-corrected chi connectivity index (χ0v) is 21.8. The maximum Gasteiger partial charge on any atom is 0.433 e. The summed E-state index contributed by atoms with van der Waals surface area (Å²) in [6, 6.07) is 15.1. The van der Waals surface area contributed by atoms with Gasteiger partial charge in [-0.25, -0.2) is 27.8 Å². The summed E-state index contributed by atoms with van der Waals surface area (Å²) in [6.45, 7) is 1.66. The maximum absolute atomic E-state index is 14.8. The summed E-state index contributed by atoms with van der Waals surface area (Å²) >= 11 is 1.01. The van der Waals surface area contributed by atoms with E-state index in [1.807, 2.05) is 0 Å². The van der Waals surface area contributed by atoms with Crippen LogP contribution in [0.5, 0.6) is 0 Å². The lowest BCUT2D eigenvalue weighted by molar-refractivity contribution is -0.143. The van der Waals surface area contributed by atoms with E-state index in [2.05, 4.69) is 10.1 Å². The van der Waals surface area contributed by atoms with Gasteiger partial charge in [-0.15, -0.1) is 11.3 Å². The van der Waals surface area contributed by atoms with Gasteiger partial charge in [0.15, 0.2) is 5.69 Å². The molecule has 1 unspecified atom stereocenters. The van der Waals surface area contributed by atoms with Crippen LogP contribution in [0.15, 0.2) is 77.0 Å². The number of rotatable bonds is 6. The first kappa shape index (κ1) is 26.9. The summed E-state index contributed by atoms with van der Waals surface area (Å²) in [4.78, 5) is 4.53. The quantitative estimate of drug-likeness (QED) is 0.226. The molecule has 2 aromatic heterocycles. The van der Waals surface area contributed by atoms with Gasteiger partial charge < -0.3 is 0 Å². The van der Waals surface area contributed by atoms with Gasteiger partial charge in [-0.2, -0.15) is 18.3 Å². The third-order valence-corrected chi connectivity index (χ3v) is 7.64. The first-order chi connectivity index (χ1) is 18.5. The molecule has 0 radical (unpaired) electrons. The zero-order chi connectivity index (χ0) is 27.9. The van der Waals surface area contributed by atoms with Crippen LogP contribution in [-0.2, 0) is 23.6 Å². The van der Waals surface area contributed by atoms with Gasteiger partial charge >= 0.3 is 6.18 Å². The van der Waals surface area contributed by atoms with E-state index in [-0.39, 0.29) is 33.9 Å². The largest absolute Gasteiger partial charge is 0.433 e. The molecule has 0 aliphatic carbocycles. The molecule has 5 nitrogen and oxygen atoms in total. The Balaban J connectivity index is 1.73. The van der Waals surface area contributed by atoms with Gasteiger partial charge in [0.1, 0.15) is 22.6 Å². The molecule has 3 aromatic carbocycles. The first-order valence-corrected chi connectivity index (χ1v) is 13.5. The fourth-order valence-corrected chi connectivity index (χ4v) is 5.35. The van der Waals surface area contributed by atoms with E-state index in [9.17, 15) is 26.2 Å². The van der Waals surface area contributed by atoms with E-state index < -0.39 is 34.5 Å². The number of alkyl halides is 3. The Kier molecular flexibility index (Phi) is 7.19. The van der Waals surface area contributed by atoms with Crippen molar-refractivity contribution in [3.63, 3.8) is 0 Å². The third-order valence-electron chi connectivity index (χ3n) is 5.97. The van der Waals surface area contributed by atoms with Gasteiger partial charge in [0.25, 0.3) is 0 Å². The molecule has 0 bridgehead atoms. The Bertz CT molecular complexity index is 1680. The highest BCUT2D eigenvalue weighted by molar-refractivity contribution is 7.82. The van der Waals surface area contributed by atoms with Crippen LogP contribution < -0.4 is 5.14 Å². The van der Waals surface area contributed by atoms with Crippen molar-refractivity contribution in [2.75, 3.05) is 0 Å². The molecule has 1 atom stereocenters. The minimum atomic E-state index is -4.81. The van der Waals surface area contributed by atoms with Crippen molar-refractivity contribution >= 4 is 22.3 Å². The average molecular weight is 575 g/mol. The van der Waals surface area contributed by atoms with Gasteiger partial charge in [0.05, 0.1) is 16.3 Å². The Morgan fingerprint density at radius 2 is 1.64 bits per heavy atom. The molecule has 0 saturated carbocycles. The predicted octanol–water partition coefficient (Wildman–Crippen LogP) is 6.84. The van der Waals surface area contributed by atoms with E-state index in [0.29, 0.717) is 21.7 Å². The Morgan fingerprint density at radius 3 is 2.23 bits per heavy atom. The Morgan fingerprint density at radius 1 is 0.974 bits per heavy atom. The summed E-state index contributed by atoms with van der Waals surface area (Å²) in [7, 11) is -1.74. The van der Waals surface area contributed by atoms with Crippen LogP contribution in [0.1, 0.15) is 22.5 Å². The summed E-state index contributed by atoms with van der Waals surface area (Å²) in [6.07, 6.45) is -4.99. The van der Waals surface area contributed by atoms with Crippen molar-refractivity contribution in [2.24, 2.45) is 5.14 Å². The van der Waals surface area contributed by atoms with Crippen LogP contribution in [0, 0.1) is 18.6 Å². The average Bonchev–Trinajstić information content (AvgIpc) is 3.49. The normalized spacial score (nSPS) is 12.6. The highest BCUT2D eigenvalue weighted by Crippen LogP contribution is 2.41. The van der Waals surface area contributed by atoms with E-state index >= 15 is 0 Å². The molecule has 0 aliphatic rings. The topological polar surface area (TPSA) is 73.8 Å². The molecule has 0 aliphatic heterocycles. The molecule has 2 N–H and O–H groups in total. The van der Waals surface area contributed by atoms with Gasteiger partial charge in [-0.1, -0.05) is 24.3 Å². The van der Waals surface area contributed by atoms with Crippen molar-refractivity contribution in [3.05, 3.63) is 106 Å². The number of nitrogens with two attached hydrogens (primary N) is 1. The Hall–Kier alpha value is -3.74. The second kappa shape index (κ2) is 10.4. The summed E-state index contributed by atoms with van der Waals surface area (Å²) in [5, 5.41) is 11.4. The number of aromatic nitrogens is 3. The fourth-order valence-electron chi connectivity index (χ4n) is 4.19. The van der Waals surface area contributed by atoms with E-state index in [0.717, 1.165) is 22.1 Å². The standard InChI is InChI=1S/C27H19F5N4OS2/c1-15-14-38-26(34-15)36-25(27(30,31)32)22(12-16-2-9-20(10-3-16)39(33)37)24(35-36)18-6-11-23(29)21(13-18)17-4-7-19(28)8-5-17/h2-11,13-14H,12,33H2,1H3. The third kappa shape index (κ3) is 5.54. The summed E-state index contributed by atoms with van der Waals surface area (Å²) < 4.78 is 84.5. The monoisotopic (exact) mass is 574 g/mol. The van der Waals surface area contributed by atoms with E-state index in [1.165, 1.54) is 48.5 Å². The predicted molar refractivity (Wildman–Crippen MR) is 140 cm³/mol. The van der Waals surface area contributed by atoms with Crippen molar-refractivity contribution in [2.45, 2.75) is 24.4 Å². The highest BCUT2D eigenvalue weighted by atomic mass is 32.2. The lowest BCUT2D eigenvalue weighted by Gasteiger charge is -2.12. The van der Waals surface area contributed by atoms with Crippen LogP contribution in [0.25, 0.3) is 27.5 Å². The number of thiazole rings is 1. The summed E-state index contributed by atoms with van der Waals surface area (Å²) in [5.74, 6) is -1.13. The number of halogens is 5. The van der Waals surface area contributed by atoms with Crippen molar-refractivity contribution in [1.82, 2.24) is 14.8 Å². The molecule has 2 heterocycles. The molecule has 39 heavy (non-hydrogen) atoms. The van der Waals surface area contributed by atoms with Crippen molar-refractivity contribution in [1.29, 1.82) is 0 Å². The number of aryl methyl sites for hydroxylation is 1. The molecule has 0 spiro atoms. The zero-order valence-electron chi connectivity index (χ0n) is 20.2. The molecular weight excluding hydrogens is 555 g/mol. The number of hydrogen-bond donors (Lipinski definition) is 1. The lowest BCUT2D eigenvalue weighted by atomic mass is 9.96. The van der Waals surface area contributed by atoms with E-state index in [1.54, 1.807) is 24.4 Å². The van der Waals surface area contributed by atoms with Gasteiger partial charge in [0.2, 0.25) is 5.13 Å². The highest BCUT2D eigenvalue weighted by Gasteiger charge is 2.41. The minimum absolute atomic E-state index is 0.00924. The molecule has 200 valence electrons. The van der Waals surface area contributed by atoms with Gasteiger partial charge in [-0.3, -0.25) is 0 Å². The number of nitrogens with zero attached hydrogens (tertiary/aromatic N) is 3. The molecule has 0 fully saturated rings. The SMILES string of the molecule is Cc1csc(-n2nc(-c3ccc(F)c(-c4ccc(F)cc4)c3)c(Cc3ccc(S(N)=O)cc3)c2C(F)(F)F)n1. The molecule has 0 amide bonds. The first-order valence-electron chi connectivity index (χ1n) is 11.4. The number of benzene rings is 3. The summed E-state index contributed by atoms with van der Waals surface area (Å²) in [5.41, 5.74) is 0.543. The Labute approximate surface area is 226 Å². The van der Waals surface area contributed by atoms with Gasteiger partial charge in [0, 0.05) is 28.5 Å². The second-order valence-corrected chi connectivity index (χ2v) is 10.6. The van der Waals surface area contributed by atoms with Crippen LogP contribution >= 0.6 is 11.3 Å². The van der Waals surface area contributed by atoms with Gasteiger partial charge in [-0.05, 0) is 60.5 Å². The van der Waals surface area contributed by atoms with Crippen molar-refractivity contribution in [3.8, 4) is 27.5 Å². The van der Waals surface area contributed by atoms with E-state index in [4.69, 9.17) is 5.14 Å². The molecule has 0 saturated heterocycles. The fraction of sp³-hybridized carbons (Fsp3) is 0.111.